The van der Waals surface area contributed by atoms with Gasteiger partial charge in [-0.3, -0.25) is 24.6 Å². The molecule has 1 aliphatic heterocycles. The molecule has 0 bridgehead atoms. The van der Waals surface area contributed by atoms with E-state index in [1.807, 2.05) is 0 Å². The molecule has 0 saturated carbocycles. The van der Waals surface area contributed by atoms with Gasteiger partial charge in [0.2, 0.25) is 17.7 Å². The van der Waals surface area contributed by atoms with Crippen LogP contribution in [0.15, 0.2) is 49.2 Å². The van der Waals surface area contributed by atoms with E-state index in [0.717, 1.165) is 4.90 Å². The minimum atomic E-state index is -1.28. The van der Waals surface area contributed by atoms with Crippen LogP contribution >= 0.6 is 0 Å². The number of benzene rings is 1. The molecule has 3 N–H and O–H groups in total. The Bertz CT molecular complexity index is 787. The summed E-state index contributed by atoms with van der Waals surface area (Å²) in [7, 11) is 0. The van der Waals surface area contributed by atoms with Gasteiger partial charge in [0.1, 0.15) is 0 Å². The van der Waals surface area contributed by atoms with Crippen molar-refractivity contribution < 1.29 is 19.2 Å². The van der Waals surface area contributed by atoms with Crippen molar-refractivity contribution in [2.75, 3.05) is 17.2 Å². The van der Waals surface area contributed by atoms with Crippen molar-refractivity contribution in [1.29, 1.82) is 0 Å². The molecule has 8 heteroatoms. The van der Waals surface area contributed by atoms with Crippen LogP contribution in [0.3, 0.4) is 0 Å². The van der Waals surface area contributed by atoms with Gasteiger partial charge in [0, 0.05) is 18.7 Å². The van der Waals surface area contributed by atoms with Crippen LogP contribution in [0.4, 0.5) is 16.2 Å². The van der Waals surface area contributed by atoms with Gasteiger partial charge in [-0.05, 0) is 12.1 Å². The Hall–Kier alpha value is -3.42. The molecule has 5 amide bonds. The lowest BCUT2D eigenvalue weighted by molar-refractivity contribution is -0.140. The molecule has 1 saturated heterocycles. The van der Waals surface area contributed by atoms with Crippen LogP contribution in [0.2, 0.25) is 0 Å². The summed E-state index contributed by atoms with van der Waals surface area (Å²) < 4.78 is 0. The van der Waals surface area contributed by atoms with E-state index in [9.17, 15) is 19.2 Å². The molecule has 0 spiro atoms. The number of nitrogens with zero attached hydrogens (tertiary/aromatic N) is 1. The summed E-state index contributed by atoms with van der Waals surface area (Å²) in [5, 5.41) is 7.74. The molecular weight excluding hydrogens is 336 g/mol. The van der Waals surface area contributed by atoms with Crippen molar-refractivity contribution in [2.45, 2.75) is 13.3 Å². The Balaban J connectivity index is 2.22. The lowest BCUT2D eigenvalue weighted by atomic mass is 10.0. The van der Waals surface area contributed by atoms with Crippen molar-refractivity contribution in [3.63, 3.8) is 0 Å². The predicted molar refractivity (Wildman–Crippen MR) is 97.1 cm³/mol. The van der Waals surface area contributed by atoms with Crippen molar-refractivity contribution >= 4 is 35.1 Å². The largest absolute Gasteiger partial charge is 0.357 e. The van der Waals surface area contributed by atoms with Gasteiger partial charge >= 0.3 is 6.03 Å². The molecule has 1 heterocycles. The zero-order chi connectivity index (χ0) is 19.3. The van der Waals surface area contributed by atoms with Crippen molar-refractivity contribution in [1.82, 2.24) is 10.2 Å². The number of nitrogens with one attached hydrogen (secondary N) is 3. The summed E-state index contributed by atoms with van der Waals surface area (Å²) in [5.41, 5.74) is 1.06. The van der Waals surface area contributed by atoms with E-state index in [0.29, 0.717) is 17.8 Å². The molecule has 2 rings (SSSR count). The lowest BCUT2D eigenvalue weighted by Crippen LogP contribution is -2.58. The van der Waals surface area contributed by atoms with Crippen molar-refractivity contribution in [3.8, 4) is 0 Å². The summed E-state index contributed by atoms with van der Waals surface area (Å²) >= 11 is 0. The standard InChI is InChI=1S/C18H20N4O4/c1-4-10-22-17(25)15(16(24)21-18(22)26)11(3)19-12-8-6-7-9-13(12)20-14(23)5-2/h4,6-9,15,19H,1,3,5,10H2,2H3,(H,20,23)(H,21,24,26)/t15-/m1/s1. The number of carbonyl (C=O) groups excluding carboxylic acids is 4. The number of barbiturate groups is 1. The first kappa shape index (κ1) is 18.9. The minimum Gasteiger partial charge on any atom is -0.357 e. The smallest absolute Gasteiger partial charge is 0.331 e. The lowest BCUT2D eigenvalue weighted by Gasteiger charge is -2.30. The van der Waals surface area contributed by atoms with Gasteiger partial charge in [0.25, 0.3) is 0 Å². The quantitative estimate of drug-likeness (QED) is 0.510. The normalized spacial score (nSPS) is 16.7. The fraction of sp³-hybridized carbons (Fsp3) is 0.222. The third-order valence-corrected chi connectivity index (χ3v) is 3.73. The highest BCUT2D eigenvalue weighted by atomic mass is 16.2. The Morgan fingerprint density at radius 2 is 1.85 bits per heavy atom. The number of imide groups is 2. The van der Waals surface area contributed by atoms with Gasteiger partial charge < -0.3 is 10.6 Å². The van der Waals surface area contributed by atoms with E-state index in [1.54, 1.807) is 31.2 Å². The number of anilines is 2. The van der Waals surface area contributed by atoms with Gasteiger partial charge in [-0.15, -0.1) is 6.58 Å². The van der Waals surface area contributed by atoms with E-state index >= 15 is 0 Å². The molecule has 1 aromatic rings. The maximum atomic E-state index is 12.5. The van der Waals surface area contributed by atoms with Gasteiger partial charge in [0.15, 0.2) is 5.92 Å². The molecule has 0 aliphatic carbocycles. The Morgan fingerprint density at radius 1 is 1.23 bits per heavy atom. The second kappa shape index (κ2) is 8.11. The molecule has 0 radical (unpaired) electrons. The topological polar surface area (TPSA) is 108 Å². The number of urea groups is 1. The number of amides is 5. The fourth-order valence-corrected chi connectivity index (χ4v) is 2.41. The van der Waals surface area contributed by atoms with Gasteiger partial charge in [-0.25, -0.2) is 4.79 Å². The minimum absolute atomic E-state index is 0.0229. The van der Waals surface area contributed by atoms with E-state index in [-0.39, 0.29) is 18.1 Å². The highest BCUT2D eigenvalue weighted by Crippen LogP contribution is 2.26. The van der Waals surface area contributed by atoms with E-state index < -0.39 is 23.8 Å². The fourth-order valence-electron chi connectivity index (χ4n) is 2.41. The number of hydrogen-bond acceptors (Lipinski definition) is 5. The van der Waals surface area contributed by atoms with Crippen LogP contribution in [0.5, 0.6) is 0 Å². The summed E-state index contributed by atoms with van der Waals surface area (Å²) in [6.45, 7) is 8.96. The monoisotopic (exact) mass is 356 g/mol. The van der Waals surface area contributed by atoms with Crippen molar-refractivity contribution in [2.24, 2.45) is 5.92 Å². The Morgan fingerprint density at radius 3 is 2.42 bits per heavy atom. The highest BCUT2D eigenvalue weighted by molar-refractivity contribution is 6.18. The second-order valence-electron chi connectivity index (χ2n) is 5.56. The van der Waals surface area contributed by atoms with E-state index in [1.165, 1.54) is 6.08 Å². The maximum absolute atomic E-state index is 12.5. The third kappa shape index (κ3) is 3.97. The number of carbonyl (C=O) groups is 4. The molecule has 136 valence electrons. The van der Waals surface area contributed by atoms with Gasteiger partial charge in [0.05, 0.1) is 11.4 Å². The summed E-state index contributed by atoms with van der Waals surface area (Å²) in [4.78, 5) is 48.9. The molecule has 26 heavy (non-hydrogen) atoms. The van der Waals surface area contributed by atoms with E-state index in [2.05, 4.69) is 29.1 Å². The SMILES string of the molecule is C=CCN1C(=O)NC(=O)[C@@H](C(=C)Nc2ccccc2NC(=O)CC)C1=O. The molecular formula is C18H20N4O4. The predicted octanol–water partition coefficient (Wildman–Crippen LogP) is 1.84. The molecule has 1 aliphatic rings. The third-order valence-electron chi connectivity index (χ3n) is 3.73. The molecule has 8 nitrogen and oxygen atoms in total. The number of para-hydroxylation sites is 2. The second-order valence-corrected chi connectivity index (χ2v) is 5.56. The first-order valence-corrected chi connectivity index (χ1v) is 8.00. The van der Waals surface area contributed by atoms with Crippen LogP contribution < -0.4 is 16.0 Å². The summed E-state index contributed by atoms with van der Waals surface area (Å²) in [6.07, 6.45) is 1.69. The van der Waals surface area contributed by atoms with Crippen LogP contribution in [0, 0.1) is 5.92 Å². The van der Waals surface area contributed by atoms with E-state index in [4.69, 9.17) is 0 Å². The first-order chi connectivity index (χ1) is 12.4. The molecule has 0 aromatic heterocycles. The van der Waals surface area contributed by atoms with Crippen LogP contribution in [0.1, 0.15) is 13.3 Å². The molecule has 1 atom stereocenters. The average Bonchev–Trinajstić information content (AvgIpc) is 2.60. The first-order valence-electron chi connectivity index (χ1n) is 8.00. The average molecular weight is 356 g/mol. The number of hydrogen-bond donors (Lipinski definition) is 3. The summed E-state index contributed by atoms with van der Waals surface area (Å²) in [6, 6.07) is 6.03. The number of rotatable bonds is 7. The molecule has 1 fully saturated rings. The molecule has 0 unspecified atom stereocenters. The van der Waals surface area contributed by atoms with Crippen LogP contribution in [-0.2, 0) is 14.4 Å². The Kier molecular flexibility index (Phi) is 5.90. The van der Waals surface area contributed by atoms with Gasteiger partial charge in [-0.1, -0.05) is 31.7 Å². The van der Waals surface area contributed by atoms with Crippen LogP contribution in [0.25, 0.3) is 0 Å². The highest BCUT2D eigenvalue weighted by Gasteiger charge is 2.41. The maximum Gasteiger partial charge on any atom is 0.331 e. The molecule has 1 aromatic carbocycles. The van der Waals surface area contributed by atoms with Crippen molar-refractivity contribution in [3.05, 3.63) is 49.2 Å². The Labute approximate surface area is 150 Å². The zero-order valence-electron chi connectivity index (χ0n) is 14.4. The summed E-state index contributed by atoms with van der Waals surface area (Å²) in [5.74, 6) is -2.90. The van der Waals surface area contributed by atoms with Crippen LogP contribution in [-0.4, -0.2) is 35.2 Å². The zero-order valence-corrected chi connectivity index (χ0v) is 14.4. The van der Waals surface area contributed by atoms with Gasteiger partial charge in [-0.2, -0.15) is 0 Å².